The summed E-state index contributed by atoms with van der Waals surface area (Å²) in [5.74, 6) is 0. The van der Waals surface area contributed by atoms with Crippen LogP contribution in [0.3, 0.4) is 0 Å². The Morgan fingerprint density at radius 1 is 1.28 bits per heavy atom. The van der Waals surface area contributed by atoms with Crippen molar-refractivity contribution in [3.8, 4) is 0 Å². The van der Waals surface area contributed by atoms with Crippen molar-refractivity contribution in [2.45, 2.75) is 10.3 Å². The third-order valence-corrected chi connectivity index (χ3v) is 4.65. The molecule has 0 N–H and O–H groups in total. The quantitative estimate of drug-likeness (QED) is 0.787. The van der Waals surface area contributed by atoms with E-state index in [0.717, 1.165) is 7.05 Å². The Balaban J connectivity index is 2.81. The Morgan fingerprint density at radius 2 is 1.78 bits per heavy atom. The van der Waals surface area contributed by atoms with E-state index in [9.17, 15) is 21.6 Å². The average molecular weight is 346 g/mol. The average Bonchev–Trinajstić information content (AvgIpc) is 2.28. The minimum Gasteiger partial charge on any atom is -0.203 e. The van der Waals surface area contributed by atoms with Crippen LogP contribution >= 0.6 is 15.9 Å². The molecule has 0 fully saturated rings. The van der Waals surface area contributed by atoms with Gasteiger partial charge in [-0.25, -0.2) is 8.42 Å². The molecule has 0 radical (unpaired) electrons. The van der Waals surface area contributed by atoms with Crippen molar-refractivity contribution in [2.75, 3.05) is 13.6 Å². The number of halogens is 4. The van der Waals surface area contributed by atoms with Crippen molar-refractivity contribution >= 4 is 26.0 Å². The summed E-state index contributed by atoms with van der Waals surface area (Å²) >= 11 is 3.17. The van der Waals surface area contributed by atoms with Crippen molar-refractivity contribution in [1.29, 1.82) is 0 Å². The first-order chi connectivity index (χ1) is 8.16. The first kappa shape index (κ1) is 15.5. The number of rotatable bonds is 4. The third-order valence-electron chi connectivity index (χ3n) is 2.28. The van der Waals surface area contributed by atoms with E-state index < -0.39 is 20.4 Å². The van der Waals surface area contributed by atoms with E-state index in [1.165, 1.54) is 0 Å². The van der Waals surface area contributed by atoms with E-state index in [2.05, 4.69) is 15.9 Å². The Hall–Kier alpha value is -0.600. The van der Waals surface area contributed by atoms with Crippen LogP contribution < -0.4 is 0 Å². The summed E-state index contributed by atoms with van der Waals surface area (Å²) in [5.41, 5.74) is -4.56. The lowest BCUT2D eigenvalue weighted by Gasteiger charge is -2.21. The van der Waals surface area contributed by atoms with Crippen LogP contribution in [0.4, 0.5) is 13.2 Å². The fourth-order valence-corrected chi connectivity index (χ4v) is 2.90. The zero-order valence-electron chi connectivity index (χ0n) is 9.36. The van der Waals surface area contributed by atoms with Crippen LogP contribution in [0.1, 0.15) is 10.4 Å². The lowest BCUT2D eigenvalue weighted by Crippen LogP contribution is -2.39. The lowest BCUT2D eigenvalue weighted by atomic mass is 10.1. The molecular formula is C10H11BrF3NO2S. The topological polar surface area (TPSA) is 37.4 Å². The molecule has 8 heteroatoms. The van der Waals surface area contributed by atoms with Gasteiger partial charge in [0.2, 0.25) is 0 Å². The van der Waals surface area contributed by atoms with Gasteiger partial charge in [-0.3, -0.25) is 0 Å². The molecule has 0 aliphatic heterocycles. The van der Waals surface area contributed by atoms with Gasteiger partial charge in [-0.1, -0.05) is 46.3 Å². The number of likely N-dealkylation sites (N-methyl/N-ethyl adjacent to an activating group) is 1. The van der Waals surface area contributed by atoms with E-state index in [1.54, 1.807) is 30.3 Å². The second-order valence-electron chi connectivity index (χ2n) is 3.61. The van der Waals surface area contributed by atoms with Crippen molar-refractivity contribution in [3.05, 3.63) is 35.9 Å². The highest BCUT2D eigenvalue weighted by molar-refractivity contribution is 9.09. The highest BCUT2D eigenvalue weighted by Crippen LogP contribution is 2.29. The highest BCUT2D eigenvalue weighted by atomic mass is 79.9. The van der Waals surface area contributed by atoms with Crippen LogP contribution in [-0.4, -0.2) is 31.8 Å². The molecule has 0 aromatic heterocycles. The zero-order chi connectivity index (χ0) is 14.0. The summed E-state index contributed by atoms with van der Waals surface area (Å²) in [6.45, 7) is -0.300. The van der Waals surface area contributed by atoms with Gasteiger partial charge in [-0.05, 0) is 5.56 Å². The van der Waals surface area contributed by atoms with Gasteiger partial charge in [0.1, 0.15) is 0 Å². The van der Waals surface area contributed by atoms with Gasteiger partial charge in [0, 0.05) is 13.6 Å². The Morgan fingerprint density at radius 3 is 2.22 bits per heavy atom. The van der Waals surface area contributed by atoms with E-state index in [-0.39, 0.29) is 6.54 Å². The number of alkyl halides is 4. The van der Waals surface area contributed by atoms with E-state index in [0.29, 0.717) is 9.87 Å². The van der Waals surface area contributed by atoms with Crippen molar-refractivity contribution in [2.24, 2.45) is 0 Å². The summed E-state index contributed by atoms with van der Waals surface area (Å²) in [5, 5.41) is 0. The molecule has 1 atom stereocenters. The Labute approximate surface area is 112 Å². The number of hydrogen-bond acceptors (Lipinski definition) is 2. The number of benzene rings is 1. The Bertz CT molecular complexity index is 490. The highest BCUT2D eigenvalue weighted by Gasteiger charge is 2.48. The largest absolute Gasteiger partial charge is 0.511 e. The minimum absolute atomic E-state index is 0.291. The molecule has 1 aromatic carbocycles. The molecule has 18 heavy (non-hydrogen) atoms. The van der Waals surface area contributed by atoms with Crippen molar-refractivity contribution < 1.29 is 21.6 Å². The van der Waals surface area contributed by atoms with Crippen LogP contribution in [0.25, 0.3) is 0 Å². The monoisotopic (exact) mass is 345 g/mol. The smallest absolute Gasteiger partial charge is 0.203 e. The first-order valence-corrected chi connectivity index (χ1v) is 7.23. The number of hydrogen-bond donors (Lipinski definition) is 0. The van der Waals surface area contributed by atoms with Gasteiger partial charge in [0.25, 0.3) is 0 Å². The summed E-state index contributed by atoms with van der Waals surface area (Å²) in [6, 6.07) is 8.62. The third kappa shape index (κ3) is 3.46. The van der Waals surface area contributed by atoms with Gasteiger partial charge in [-0.15, -0.1) is 0 Å². The number of nitrogens with zero attached hydrogens (tertiary/aromatic N) is 1. The van der Waals surface area contributed by atoms with Crippen LogP contribution in [0.2, 0.25) is 0 Å². The molecule has 1 unspecified atom stereocenters. The van der Waals surface area contributed by atoms with Crippen molar-refractivity contribution in [1.82, 2.24) is 4.31 Å². The molecule has 1 rings (SSSR count). The van der Waals surface area contributed by atoms with E-state index in [4.69, 9.17) is 0 Å². The van der Waals surface area contributed by atoms with Gasteiger partial charge in [0.15, 0.2) is 0 Å². The summed E-state index contributed by atoms with van der Waals surface area (Å²) < 4.78 is 59.4. The second-order valence-corrected chi connectivity index (χ2v) is 6.75. The molecule has 0 amide bonds. The normalized spacial score (nSPS) is 14.8. The summed E-state index contributed by atoms with van der Waals surface area (Å²) in [6.07, 6.45) is 0. The van der Waals surface area contributed by atoms with Crippen molar-refractivity contribution in [3.63, 3.8) is 0 Å². The lowest BCUT2D eigenvalue weighted by molar-refractivity contribution is -0.0482. The SMILES string of the molecule is CN(CC(Br)c1ccccc1)S(=O)(=O)C(F)(F)F. The molecule has 0 bridgehead atoms. The molecule has 0 saturated heterocycles. The fraction of sp³-hybridized carbons (Fsp3) is 0.400. The summed E-state index contributed by atoms with van der Waals surface area (Å²) in [4.78, 5) is -0.499. The molecule has 102 valence electrons. The maximum atomic E-state index is 12.3. The zero-order valence-corrected chi connectivity index (χ0v) is 11.8. The standard InChI is InChI=1S/C10H11BrF3NO2S/c1-15(18(16,17)10(12,13)14)7-9(11)8-5-3-2-4-6-8/h2-6,9H,7H2,1H3. The van der Waals surface area contributed by atoms with Crippen LogP contribution in [0.5, 0.6) is 0 Å². The molecule has 0 aliphatic carbocycles. The minimum atomic E-state index is -5.28. The molecule has 1 aromatic rings. The predicted octanol–water partition coefficient (Wildman–Crippen LogP) is 2.90. The maximum absolute atomic E-state index is 12.3. The molecule has 3 nitrogen and oxygen atoms in total. The molecule has 0 heterocycles. The maximum Gasteiger partial charge on any atom is 0.511 e. The Kier molecular flexibility index (Phi) is 4.79. The molecule has 0 saturated carbocycles. The number of sulfonamides is 1. The molecular weight excluding hydrogens is 335 g/mol. The predicted molar refractivity (Wildman–Crippen MR) is 65.7 cm³/mol. The van der Waals surface area contributed by atoms with Crippen LogP contribution in [0, 0.1) is 0 Å². The molecule has 0 aliphatic rings. The van der Waals surface area contributed by atoms with E-state index >= 15 is 0 Å². The first-order valence-electron chi connectivity index (χ1n) is 4.88. The van der Waals surface area contributed by atoms with Crippen LogP contribution in [0.15, 0.2) is 30.3 Å². The fourth-order valence-electron chi connectivity index (χ4n) is 1.27. The van der Waals surface area contributed by atoms with Gasteiger partial charge >= 0.3 is 15.5 Å². The summed E-state index contributed by atoms with van der Waals surface area (Å²) in [7, 11) is -4.37. The second kappa shape index (κ2) is 5.58. The molecule has 0 spiro atoms. The van der Waals surface area contributed by atoms with E-state index in [1.807, 2.05) is 0 Å². The van der Waals surface area contributed by atoms with Gasteiger partial charge < -0.3 is 0 Å². The van der Waals surface area contributed by atoms with Gasteiger partial charge in [0.05, 0.1) is 4.83 Å². The van der Waals surface area contributed by atoms with Crippen LogP contribution in [-0.2, 0) is 10.0 Å². The van der Waals surface area contributed by atoms with Gasteiger partial charge in [-0.2, -0.15) is 17.5 Å².